The predicted molar refractivity (Wildman–Crippen MR) is 130 cm³/mol. The van der Waals surface area contributed by atoms with Gasteiger partial charge in [0.1, 0.15) is 0 Å². The normalized spacial score (nSPS) is 14.6. The molecule has 0 atom stereocenters. The van der Waals surface area contributed by atoms with Crippen LogP contribution < -0.4 is 10.2 Å². The number of halogens is 1. The fourth-order valence-corrected chi connectivity index (χ4v) is 3.50. The fourth-order valence-electron chi connectivity index (χ4n) is 3.50. The molecule has 0 bridgehead atoms. The van der Waals surface area contributed by atoms with Gasteiger partial charge in [-0.25, -0.2) is 15.0 Å². The summed E-state index contributed by atoms with van der Waals surface area (Å²) < 4.78 is 0. The van der Waals surface area contributed by atoms with E-state index in [2.05, 4.69) is 74.5 Å². The average Bonchev–Trinajstić information content (AvgIpc) is 2.77. The molecule has 3 aromatic rings. The first kappa shape index (κ1) is 21.3. The van der Waals surface area contributed by atoms with E-state index in [1.807, 2.05) is 6.07 Å². The zero-order valence-corrected chi connectivity index (χ0v) is 19.0. The first-order valence-corrected chi connectivity index (χ1v) is 9.86. The number of aromatic nitrogens is 2. The summed E-state index contributed by atoms with van der Waals surface area (Å²) in [5, 5.41) is 5.97. The molecule has 1 saturated heterocycles. The number of piperazine rings is 1. The molecular weight excluding hydrogens is 475 g/mol. The Hall–Kier alpha value is -2.42. The standard InChI is InChI=1S/C22H26N6.HI/c1-2-23-21(26-17-18-8-9-19-6-3-4-7-20(19)16-18)27-12-14-28(15-13-27)22-24-10-5-11-25-22;/h3-11,16H,2,12-15,17H2,1H3,(H,23,26);1H. The SMILES string of the molecule is CCNC(=NCc1ccc2ccccc2c1)N1CCN(c2ncccn2)CC1.I. The Morgan fingerprint density at radius 1 is 0.966 bits per heavy atom. The van der Waals surface area contributed by atoms with E-state index < -0.39 is 0 Å². The van der Waals surface area contributed by atoms with Crippen molar-refractivity contribution in [1.29, 1.82) is 0 Å². The summed E-state index contributed by atoms with van der Waals surface area (Å²) in [5.74, 6) is 1.78. The maximum atomic E-state index is 4.89. The number of fused-ring (bicyclic) bond motifs is 1. The van der Waals surface area contributed by atoms with Crippen LogP contribution in [0, 0.1) is 0 Å². The van der Waals surface area contributed by atoms with Crippen molar-refractivity contribution < 1.29 is 0 Å². The Bertz CT molecular complexity index is 938. The van der Waals surface area contributed by atoms with Crippen LogP contribution in [0.2, 0.25) is 0 Å². The third-order valence-electron chi connectivity index (χ3n) is 4.97. The van der Waals surface area contributed by atoms with Crippen molar-refractivity contribution >= 4 is 46.7 Å². The fraction of sp³-hybridized carbons (Fsp3) is 0.318. The highest BCUT2D eigenvalue weighted by Crippen LogP contribution is 2.16. The lowest BCUT2D eigenvalue weighted by Gasteiger charge is -2.36. The first-order chi connectivity index (χ1) is 13.8. The number of nitrogens with one attached hydrogen (secondary N) is 1. The molecule has 0 saturated carbocycles. The summed E-state index contributed by atoms with van der Waals surface area (Å²) >= 11 is 0. The molecule has 4 rings (SSSR count). The maximum Gasteiger partial charge on any atom is 0.225 e. The van der Waals surface area contributed by atoms with Crippen LogP contribution in [0.3, 0.4) is 0 Å². The van der Waals surface area contributed by atoms with Crippen molar-refractivity contribution in [3.8, 4) is 0 Å². The smallest absolute Gasteiger partial charge is 0.225 e. The molecule has 2 aromatic carbocycles. The summed E-state index contributed by atoms with van der Waals surface area (Å²) in [7, 11) is 0. The molecule has 0 spiro atoms. The van der Waals surface area contributed by atoms with Gasteiger partial charge in [-0.05, 0) is 35.4 Å². The van der Waals surface area contributed by atoms with Crippen LogP contribution in [0.4, 0.5) is 5.95 Å². The minimum absolute atomic E-state index is 0. The Labute approximate surface area is 189 Å². The molecular formula is C22H27IN6. The lowest BCUT2D eigenvalue weighted by molar-refractivity contribution is 0.370. The van der Waals surface area contributed by atoms with Crippen molar-refractivity contribution in [3.05, 3.63) is 66.5 Å². The van der Waals surface area contributed by atoms with Crippen LogP contribution in [0.1, 0.15) is 12.5 Å². The minimum atomic E-state index is 0. The number of hydrogen-bond donors (Lipinski definition) is 1. The highest BCUT2D eigenvalue weighted by molar-refractivity contribution is 14.0. The molecule has 29 heavy (non-hydrogen) atoms. The molecule has 0 unspecified atom stereocenters. The van der Waals surface area contributed by atoms with Gasteiger partial charge in [0.15, 0.2) is 5.96 Å². The number of rotatable bonds is 4. The lowest BCUT2D eigenvalue weighted by atomic mass is 10.1. The van der Waals surface area contributed by atoms with E-state index >= 15 is 0 Å². The molecule has 1 aliphatic rings. The second-order valence-corrected chi connectivity index (χ2v) is 6.87. The van der Waals surface area contributed by atoms with E-state index in [4.69, 9.17) is 4.99 Å². The van der Waals surface area contributed by atoms with Gasteiger partial charge >= 0.3 is 0 Å². The van der Waals surface area contributed by atoms with Crippen LogP contribution in [-0.2, 0) is 6.54 Å². The van der Waals surface area contributed by atoms with Gasteiger partial charge < -0.3 is 15.1 Å². The van der Waals surface area contributed by atoms with E-state index in [0.29, 0.717) is 6.54 Å². The quantitative estimate of drug-likeness (QED) is 0.336. The highest BCUT2D eigenvalue weighted by atomic mass is 127. The third kappa shape index (κ3) is 5.35. The van der Waals surface area contributed by atoms with Gasteiger partial charge in [0, 0.05) is 45.1 Å². The van der Waals surface area contributed by atoms with E-state index in [1.165, 1.54) is 16.3 Å². The van der Waals surface area contributed by atoms with Crippen molar-refractivity contribution in [2.24, 2.45) is 4.99 Å². The third-order valence-corrected chi connectivity index (χ3v) is 4.97. The second kappa shape index (κ2) is 10.4. The van der Waals surface area contributed by atoms with Crippen molar-refractivity contribution in [1.82, 2.24) is 20.2 Å². The van der Waals surface area contributed by atoms with Gasteiger partial charge in [-0.3, -0.25) is 0 Å². The van der Waals surface area contributed by atoms with Crippen LogP contribution >= 0.6 is 24.0 Å². The molecule has 0 radical (unpaired) electrons. The molecule has 1 fully saturated rings. The van der Waals surface area contributed by atoms with Gasteiger partial charge in [0.2, 0.25) is 5.95 Å². The summed E-state index contributed by atoms with van der Waals surface area (Å²) in [6, 6.07) is 16.9. The number of aliphatic imine (C=N–C) groups is 1. The van der Waals surface area contributed by atoms with Crippen molar-refractivity contribution in [2.45, 2.75) is 13.5 Å². The minimum Gasteiger partial charge on any atom is -0.357 e. The van der Waals surface area contributed by atoms with Crippen LogP contribution in [0.5, 0.6) is 0 Å². The number of hydrogen-bond acceptors (Lipinski definition) is 4. The van der Waals surface area contributed by atoms with Crippen LogP contribution in [0.25, 0.3) is 10.8 Å². The van der Waals surface area contributed by atoms with Crippen LogP contribution in [-0.4, -0.2) is 53.6 Å². The maximum absolute atomic E-state index is 4.89. The summed E-state index contributed by atoms with van der Waals surface area (Å²) in [4.78, 5) is 18.2. The Morgan fingerprint density at radius 3 is 2.41 bits per heavy atom. The molecule has 0 amide bonds. The Morgan fingerprint density at radius 2 is 1.69 bits per heavy atom. The van der Waals surface area contributed by atoms with E-state index in [0.717, 1.165) is 44.6 Å². The predicted octanol–water partition coefficient (Wildman–Crippen LogP) is 3.54. The highest BCUT2D eigenvalue weighted by Gasteiger charge is 2.21. The molecule has 6 nitrogen and oxygen atoms in total. The average molecular weight is 502 g/mol. The van der Waals surface area contributed by atoms with E-state index in [1.54, 1.807) is 12.4 Å². The van der Waals surface area contributed by atoms with Gasteiger partial charge in [0.25, 0.3) is 0 Å². The summed E-state index contributed by atoms with van der Waals surface area (Å²) in [6.45, 7) is 7.24. The van der Waals surface area contributed by atoms with Crippen LogP contribution in [0.15, 0.2) is 65.9 Å². The number of benzene rings is 2. The number of guanidine groups is 1. The molecule has 1 aromatic heterocycles. The molecule has 0 aliphatic carbocycles. The van der Waals surface area contributed by atoms with E-state index in [9.17, 15) is 0 Å². The molecule has 2 heterocycles. The Kier molecular flexibility index (Phi) is 7.62. The zero-order chi connectivity index (χ0) is 19.2. The van der Waals surface area contributed by atoms with Gasteiger partial charge in [-0.1, -0.05) is 36.4 Å². The summed E-state index contributed by atoms with van der Waals surface area (Å²) in [6.07, 6.45) is 3.59. The largest absolute Gasteiger partial charge is 0.357 e. The number of anilines is 1. The molecule has 1 aliphatic heterocycles. The zero-order valence-electron chi connectivity index (χ0n) is 16.7. The molecule has 7 heteroatoms. The van der Waals surface area contributed by atoms with Gasteiger partial charge in [-0.2, -0.15) is 0 Å². The summed E-state index contributed by atoms with van der Waals surface area (Å²) in [5.41, 5.74) is 1.23. The topological polar surface area (TPSA) is 56.7 Å². The molecule has 1 N–H and O–H groups in total. The van der Waals surface area contributed by atoms with Crippen molar-refractivity contribution in [3.63, 3.8) is 0 Å². The first-order valence-electron chi connectivity index (χ1n) is 9.86. The Balaban J connectivity index is 0.00000240. The number of nitrogens with zero attached hydrogens (tertiary/aromatic N) is 5. The van der Waals surface area contributed by atoms with Gasteiger partial charge in [-0.15, -0.1) is 24.0 Å². The molecule has 152 valence electrons. The van der Waals surface area contributed by atoms with E-state index in [-0.39, 0.29) is 24.0 Å². The second-order valence-electron chi connectivity index (χ2n) is 6.87. The van der Waals surface area contributed by atoms with Gasteiger partial charge in [0.05, 0.1) is 6.54 Å². The monoisotopic (exact) mass is 502 g/mol. The van der Waals surface area contributed by atoms with Crippen molar-refractivity contribution in [2.75, 3.05) is 37.6 Å². The lowest BCUT2D eigenvalue weighted by Crippen LogP contribution is -2.52.